The van der Waals surface area contributed by atoms with E-state index < -0.39 is 11.6 Å². The van der Waals surface area contributed by atoms with Crippen LogP contribution in [0.15, 0.2) is 118 Å². The van der Waals surface area contributed by atoms with Gasteiger partial charge in [-0.1, -0.05) is 36.4 Å². The Morgan fingerprint density at radius 3 is 1.64 bits per heavy atom. The molecule has 0 fully saturated rings. The van der Waals surface area contributed by atoms with Crippen LogP contribution in [0.2, 0.25) is 0 Å². The molecule has 0 aromatic heterocycles. The fraction of sp³-hybridized carbons (Fsp3) is 0. The summed E-state index contributed by atoms with van der Waals surface area (Å²) in [6.45, 7) is 0. The van der Waals surface area contributed by atoms with Crippen molar-refractivity contribution in [1.29, 1.82) is 0 Å². The monoisotopic (exact) mass is 391 g/mol. The molecule has 0 unspecified atom stereocenters. The van der Waals surface area contributed by atoms with E-state index in [9.17, 15) is 8.78 Å². The summed E-state index contributed by atoms with van der Waals surface area (Å²) in [5.74, 6) is -0.856. The molecular formula is C24H17F2OS+. The molecule has 0 N–H and O–H groups in total. The van der Waals surface area contributed by atoms with Crippen molar-refractivity contribution in [2.24, 2.45) is 0 Å². The van der Waals surface area contributed by atoms with Crippen molar-refractivity contribution in [3.05, 3.63) is 115 Å². The lowest BCUT2D eigenvalue weighted by Crippen LogP contribution is -2.04. The second-order valence-corrected chi connectivity index (χ2v) is 8.11. The third-order valence-corrected chi connectivity index (χ3v) is 6.37. The second kappa shape index (κ2) is 8.28. The molecule has 0 aliphatic carbocycles. The molecule has 4 aromatic carbocycles. The van der Waals surface area contributed by atoms with E-state index in [0.717, 1.165) is 11.0 Å². The molecule has 0 atom stereocenters. The van der Waals surface area contributed by atoms with Crippen LogP contribution >= 0.6 is 0 Å². The van der Waals surface area contributed by atoms with Crippen molar-refractivity contribution in [3.8, 4) is 11.5 Å². The summed E-state index contributed by atoms with van der Waals surface area (Å²) in [6, 6.07) is 31.5. The van der Waals surface area contributed by atoms with Gasteiger partial charge in [0.1, 0.15) is 11.6 Å². The Morgan fingerprint density at radius 2 is 1.11 bits per heavy atom. The minimum absolute atomic E-state index is 0.000678. The van der Waals surface area contributed by atoms with Gasteiger partial charge in [0.15, 0.2) is 26.3 Å². The molecule has 0 amide bonds. The first-order valence-corrected chi connectivity index (χ1v) is 10.0. The molecule has 0 aliphatic heterocycles. The first kappa shape index (κ1) is 18.3. The first-order valence-electron chi connectivity index (χ1n) is 8.78. The van der Waals surface area contributed by atoms with Crippen molar-refractivity contribution < 1.29 is 13.5 Å². The Bertz CT molecular complexity index is 1010. The maximum atomic E-state index is 13.8. The van der Waals surface area contributed by atoms with Gasteiger partial charge in [0.2, 0.25) is 0 Å². The average molecular weight is 391 g/mol. The molecule has 4 heteroatoms. The fourth-order valence-corrected chi connectivity index (χ4v) is 4.93. The maximum absolute atomic E-state index is 13.8. The van der Waals surface area contributed by atoms with Gasteiger partial charge >= 0.3 is 0 Å². The highest BCUT2D eigenvalue weighted by atomic mass is 32.2. The molecule has 1 nitrogen and oxygen atoms in total. The van der Waals surface area contributed by atoms with Crippen LogP contribution in [-0.4, -0.2) is 0 Å². The van der Waals surface area contributed by atoms with E-state index in [0.29, 0.717) is 5.75 Å². The summed E-state index contributed by atoms with van der Waals surface area (Å²) in [4.78, 5) is 3.56. The lowest BCUT2D eigenvalue weighted by atomic mass is 10.3. The molecule has 0 spiro atoms. The standard InChI is InChI=1S/C24H17F2OS/c25-18-11-16-24(23(26)17-18)27-19-12-14-22(15-13-19)28(20-7-3-1-4-8-20)21-9-5-2-6-10-21/h1-17H/q+1. The summed E-state index contributed by atoms with van der Waals surface area (Å²) in [5.41, 5.74) is 0. The second-order valence-electron chi connectivity index (χ2n) is 6.08. The van der Waals surface area contributed by atoms with E-state index in [-0.39, 0.29) is 16.6 Å². The molecule has 0 saturated carbocycles. The zero-order valence-electron chi connectivity index (χ0n) is 14.9. The highest BCUT2D eigenvalue weighted by molar-refractivity contribution is 7.97. The van der Waals surface area contributed by atoms with Crippen LogP contribution in [0.25, 0.3) is 0 Å². The van der Waals surface area contributed by atoms with E-state index >= 15 is 0 Å². The van der Waals surface area contributed by atoms with Crippen LogP contribution in [0.4, 0.5) is 8.78 Å². The highest BCUT2D eigenvalue weighted by Gasteiger charge is 2.28. The predicted molar refractivity (Wildman–Crippen MR) is 108 cm³/mol. The topological polar surface area (TPSA) is 9.23 Å². The molecule has 4 aromatic rings. The highest BCUT2D eigenvalue weighted by Crippen LogP contribution is 2.33. The Hall–Kier alpha value is -3.11. The minimum Gasteiger partial charge on any atom is -0.454 e. The van der Waals surface area contributed by atoms with Crippen LogP contribution in [0, 0.1) is 11.6 Å². The maximum Gasteiger partial charge on any atom is 0.168 e. The van der Waals surface area contributed by atoms with Crippen LogP contribution in [0.3, 0.4) is 0 Å². The Labute approximate surface area is 165 Å². The summed E-state index contributed by atoms with van der Waals surface area (Å²) in [7, 11) is -0.256. The number of halogens is 2. The summed E-state index contributed by atoms with van der Waals surface area (Å²) in [6.07, 6.45) is 0. The lowest BCUT2D eigenvalue weighted by Gasteiger charge is -2.10. The zero-order valence-corrected chi connectivity index (χ0v) is 15.7. The van der Waals surface area contributed by atoms with E-state index in [1.807, 2.05) is 60.7 Å². The first-order chi connectivity index (χ1) is 13.7. The number of hydrogen-bond acceptors (Lipinski definition) is 1. The molecule has 138 valence electrons. The van der Waals surface area contributed by atoms with E-state index in [1.165, 1.54) is 21.9 Å². The smallest absolute Gasteiger partial charge is 0.168 e. The quantitative estimate of drug-likeness (QED) is 0.338. The van der Waals surface area contributed by atoms with Crippen LogP contribution in [-0.2, 0) is 10.9 Å². The lowest BCUT2D eigenvalue weighted by molar-refractivity contribution is 0.437. The molecular weight excluding hydrogens is 374 g/mol. The molecule has 0 radical (unpaired) electrons. The molecule has 0 saturated heterocycles. The van der Waals surface area contributed by atoms with Crippen molar-refractivity contribution >= 4 is 10.9 Å². The van der Waals surface area contributed by atoms with Gasteiger partial charge in [-0.15, -0.1) is 0 Å². The van der Waals surface area contributed by atoms with Crippen LogP contribution in [0.5, 0.6) is 11.5 Å². The summed E-state index contributed by atoms with van der Waals surface area (Å²) >= 11 is 0. The normalized spacial score (nSPS) is 10.8. The van der Waals surface area contributed by atoms with E-state index in [4.69, 9.17) is 4.74 Å². The molecule has 0 aliphatic rings. The van der Waals surface area contributed by atoms with Crippen molar-refractivity contribution in [2.45, 2.75) is 14.7 Å². The molecule has 0 bridgehead atoms. The van der Waals surface area contributed by atoms with Gasteiger partial charge in [-0.05, 0) is 60.7 Å². The third-order valence-electron chi connectivity index (χ3n) is 4.14. The van der Waals surface area contributed by atoms with Gasteiger partial charge in [-0.3, -0.25) is 0 Å². The van der Waals surface area contributed by atoms with Crippen LogP contribution in [0.1, 0.15) is 0 Å². The number of rotatable bonds is 5. The summed E-state index contributed by atoms with van der Waals surface area (Å²) < 4.78 is 32.5. The van der Waals surface area contributed by atoms with Gasteiger partial charge in [-0.25, -0.2) is 8.78 Å². The van der Waals surface area contributed by atoms with Gasteiger partial charge < -0.3 is 4.74 Å². The van der Waals surface area contributed by atoms with E-state index in [2.05, 4.69) is 24.3 Å². The van der Waals surface area contributed by atoms with Crippen molar-refractivity contribution in [3.63, 3.8) is 0 Å². The van der Waals surface area contributed by atoms with Gasteiger partial charge in [-0.2, -0.15) is 0 Å². The van der Waals surface area contributed by atoms with Gasteiger partial charge in [0, 0.05) is 6.07 Å². The Kier molecular flexibility index (Phi) is 5.40. The molecule has 0 heterocycles. The van der Waals surface area contributed by atoms with E-state index in [1.54, 1.807) is 0 Å². The number of ether oxygens (including phenoxy) is 1. The Balaban J connectivity index is 1.65. The van der Waals surface area contributed by atoms with Crippen molar-refractivity contribution in [1.82, 2.24) is 0 Å². The summed E-state index contributed by atoms with van der Waals surface area (Å²) in [5, 5.41) is 0. The van der Waals surface area contributed by atoms with Crippen molar-refractivity contribution in [2.75, 3.05) is 0 Å². The SMILES string of the molecule is Fc1ccc(Oc2ccc([S+](c3ccccc3)c3ccccc3)cc2)c(F)c1. The third kappa shape index (κ3) is 4.07. The van der Waals surface area contributed by atoms with Crippen LogP contribution < -0.4 is 4.74 Å². The zero-order chi connectivity index (χ0) is 19.3. The minimum atomic E-state index is -0.725. The fourth-order valence-electron chi connectivity index (χ4n) is 2.85. The average Bonchev–Trinajstić information content (AvgIpc) is 2.73. The van der Waals surface area contributed by atoms with Gasteiger partial charge in [0.05, 0.1) is 10.9 Å². The largest absolute Gasteiger partial charge is 0.454 e. The molecule has 28 heavy (non-hydrogen) atoms. The number of hydrogen-bond donors (Lipinski definition) is 0. The predicted octanol–water partition coefficient (Wildman–Crippen LogP) is 6.85. The molecule has 4 rings (SSSR count). The Morgan fingerprint density at radius 1 is 0.571 bits per heavy atom. The van der Waals surface area contributed by atoms with Gasteiger partial charge in [0.25, 0.3) is 0 Å². The number of benzene rings is 4.